The van der Waals surface area contributed by atoms with Gasteiger partial charge in [0, 0.05) is 6.04 Å². The van der Waals surface area contributed by atoms with E-state index in [4.69, 9.17) is 4.99 Å². The molecule has 0 saturated heterocycles. The molecule has 0 heterocycles. The van der Waals surface area contributed by atoms with Crippen LogP contribution in [0.15, 0.2) is 64.6 Å². The summed E-state index contributed by atoms with van der Waals surface area (Å²) in [5.74, 6) is 0. The number of hydrogen-bond acceptors (Lipinski definition) is 2. The van der Waals surface area contributed by atoms with Crippen molar-refractivity contribution in [2.24, 2.45) is 9.98 Å². The molecule has 2 nitrogen and oxygen atoms in total. The van der Waals surface area contributed by atoms with E-state index in [1.54, 1.807) is 0 Å². The molecule has 0 fully saturated rings. The number of rotatable bonds is 5. The summed E-state index contributed by atoms with van der Waals surface area (Å²) in [5, 5.41) is 0. The van der Waals surface area contributed by atoms with Crippen molar-refractivity contribution in [2.45, 2.75) is 39.2 Å². The average Bonchev–Trinajstić information content (AvgIpc) is 2.48. The van der Waals surface area contributed by atoms with Gasteiger partial charge in [-0.3, -0.25) is 4.99 Å². The minimum absolute atomic E-state index is 0.395. The van der Waals surface area contributed by atoms with Crippen LogP contribution in [0.4, 0.5) is 5.69 Å². The van der Waals surface area contributed by atoms with Gasteiger partial charge in [0.05, 0.1) is 17.1 Å². The van der Waals surface area contributed by atoms with E-state index in [0.717, 1.165) is 23.5 Å². The van der Waals surface area contributed by atoms with E-state index in [2.05, 4.69) is 18.8 Å². The molecule has 0 aromatic heterocycles. The third-order valence-electron chi connectivity index (χ3n) is 3.21. The van der Waals surface area contributed by atoms with Gasteiger partial charge in [-0.2, -0.15) is 0 Å². The lowest BCUT2D eigenvalue weighted by atomic mass is 10.1. The summed E-state index contributed by atoms with van der Waals surface area (Å²) in [5.41, 5.74) is 2.99. The van der Waals surface area contributed by atoms with Crippen LogP contribution in [0.1, 0.15) is 33.1 Å². The number of unbranched alkanes of at least 4 members (excludes halogenated alkanes) is 1. The number of nitrogens with zero attached hydrogens (tertiary/aromatic N) is 2. The molecule has 1 atom stereocenters. The Morgan fingerprint density at radius 2 is 1.60 bits per heavy atom. The van der Waals surface area contributed by atoms with E-state index in [-0.39, 0.29) is 0 Å². The van der Waals surface area contributed by atoms with Crippen LogP contribution in [0.2, 0.25) is 0 Å². The minimum atomic E-state index is 0.395. The highest BCUT2D eigenvalue weighted by Gasteiger charge is 2.02. The Morgan fingerprint density at radius 1 is 0.950 bits per heavy atom. The van der Waals surface area contributed by atoms with Crippen molar-refractivity contribution >= 4 is 17.1 Å². The normalized spacial score (nSPS) is 15.3. The molecule has 2 rings (SSSR count). The van der Waals surface area contributed by atoms with Gasteiger partial charge in [-0.05, 0) is 49.8 Å². The Kier molecular flexibility index (Phi) is 5.48. The van der Waals surface area contributed by atoms with Crippen molar-refractivity contribution in [1.29, 1.82) is 0 Å². The third kappa shape index (κ3) is 4.61. The van der Waals surface area contributed by atoms with Crippen LogP contribution >= 0.6 is 0 Å². The zero-order valence-electron chi connectivity index (χ0n) is 12.3. The Morgan fingerprint density at radius 3 is 2.25 bits per heavy atom. The number of allylic oxidation sites excluding steroid dienone is 4. The average molecular weight is 266 g/mol. The molecule has 1 aliphatic rings. The van der Waals surface area contributed by atoms with E-state index in [9.17, 15) is 0 Å². The van der Waals surface area contributed by atoms with Crippen molar-refractivity contribution in [2.75, 3.05) is 0 Å². The summed E-state index contributed by atoms with van der Waals surface area (Å²) < 4.78 is 0. The summed E-state index contributed by atoms with van der Waals surface area (Å²) in [6.45, 7) is 4.39. The highest BCUT2D eigenvalue weighted by atomic mass is 14.8. The van der Waals surface area contributed by atoms with Crippen molar-refractivity contribution < 1.29 is 0 Å². The molecule has 0 radical (unpaired) electrons. The van der Waals surface area contributed by atoms with Crippen LogP contribution in [-0.2, 0) is 0 Å². The maximum atomic E-state index is 4.70. The first kappa shape index (κ1) is 14.4. The molecule has 1 unspecified atom stereocenters. The van der Waals surface area contributed by atoms with Gasteiger partial charge in [0.25, 0.3) is 0 Å². The SMILES string of the molecule is CCCCC(C)N=C1C=CC(=Nc2ccccc2)C=C1. The van der Waals surface area contributed by atoms with Crippen molar-refractivity contribution in [1.82, 2.24) is 0 Å². The van der Waals surface area contributed by atoms with Gasteiger partial charge in [-0.25, -0.2) is 4.99 Å². The first-order valence-corrected chi connectivity index (χ1v) is 7.35. The zero-order valence-corrected chi connectivity index (χ0v) is 12.3. The number of benzene rings is 1. The fourth-order valence-corrected chi connectivity index (χ4v) is 2.08. The van der Waals surface area contributed by atoms with Gasteiger partial charge >= 0.3 is 0 Å². The highest BCUT2D eigenvalue weighted by Crippen LogP contribution is 2.12. The van der Waals surface area contributed by atoms with Gasteiger partial charge < -0.3 is 0 Å². The largest absolute Gasteiger partial charge is 0.282 e. The lowest BCUT2D eigenvalue weighted by Gasteiger charge is -2.08. The molecule has 2 heteroatoms. The maximum absolute atomic E-state index is 4.70. The first-order chi connectivity index (χ1) is 9.78. The van der Waals surface area contributed by atoms with Crippen LogP contribution in [0, 0.1) is 0 Å². The zero-order chi connectivity index (χ0) is 14.2. The third-order valence-corrected chi connectivity index (χ3v) is 3.21. The molecule has 1 aromatic carbocycles. The second-order valence-corrected chi connectivity index (χ2v) is 5.08. The molecule has 0 spiro atoms. The van der Waals surface area contributed by atoms with E-state index < -0.39 is 0 Å². The van der Waals surface area contributed by atoms with E-state index in [1.165, 1.54) is 12.8 Å². The predicted octanol–water partition coefficient (Wildman–Crippen LogP) is 4.90. The molecular formula is C18H22N2. The fourth-order valence-electron chi connectivity index (χ4n) is 2.08. The van der Waals surface area contributed by atoms with Gasteiger partial charge in [0.1, 0.15) is 0 Å². The van der Waals surface area contributed by atoms with E-state index >= 15 is 0 Å². The van der Waals surface area contributed by atoms with E-state index in [1.807, 2.05) is 54.6 Å². The molecule has 0 bridgehead atoms. The highest BCUT2D eigenvalue weighted by molar-refractivity contribution is 6.19. The van der Waals surface area contributed by atoms with Crippen LogP contribution in [-0.4, -0.2) is 17.5 Å². The van der Waals surface area contributed by atoms with Gasteiger partial charge in [0.15, 0.2) is 0 Å². The fraction of sp³-hybridized carbons (Fsp3) is 0.333. The molecule has 0 N–H and O–H groups in total. The summed E-state index contributed by atoms with van der Waals surface area (Å²) in [6, 6.07) is 10.4. The molecule has 104 valence electrons. The summed E-state index contributed by atoms with van der Waals surface area (Å²) in [6.07, 6.45) is 11.8. The quantitative estimate of drug-likeness (QED) is 0.677. The van der Waals surface area contributed by atoms with Crippen molar-refractivity contribution in [3.63, 3.8) is 0 Å². The van der Waals surface area contributed by atoms with Crippen LogP contribution < -0.4 is 0 Å². The minimum Gasteiger partial charge on any atom is -0.282 e. The topological polar surface area (TPSA) is 24.7 Å². The van der Waals surface area contributed by atoms with Gasteiger partial charge in [-0.1, -0.05) is 38.0 Å². The molecule has 0 amide bonds. The molecule has 0 aliphatic heterocycles. The Bertz CT molecular complexity index is 518. The number of hydrogen-bond donors (Lipinski definition) is 0. The summed E-state index contributed by atoms with van der Waals surface area (Å²) in [4.78, 5) is 9.27. The Labute approximate surface area is 121 Å². The predicted molar refractivity (Wildman–Crippen MR) is 88.2 cm³/mol. The van der Waals surface area contributed by atoms with Crippen molar-refractivity contribution in [3.8, 4) is 0 Å². The summed E-state index contributed by atoms with van der Waals surface area (Å²) in [7, 11) is 0. The monoisotopic (exact) mass is 266 g/mol. The number of para-hydroxylation sites is 1. The lowest BCUT2D eigenvalue weighted by Crippen LogP contribution is -2.05. The Balaban J connectivity index is 1.99. The first-order valence-electron chi connectivity index (χ1n) is 7.35. The molecule has 1 aliphatic carbocycles. The smallest absolute Gasteiger partial charge is 0.0638 e. The second-order valence-electron chi connectivity index (χ2n) is 5.08. The lowest BCUT2D eigenvalue weighted by molar-refractivity contribution is 0.618. The number of aliphatic imine (C=N–C) groups is 2. The maximum Gasteiger partial charge on any atom is 0.0638 e. The molecular weight excluding hydrogens is 244 g/mol. The van der Waals surface area contributed by atoms with Gasteiger partial charge in [-0.15, -0.1) is 0 Å². The molecule has 1 aromatic rings. The molecule has 0 saturated carbocycles. The molecule has 20 heavy (non-hydrogen) atoms. The van der Waals surface area contributed by atoms with Gasteiger partial charge in [0.2, 0.25) is 0 Å². The van der Waals surface area contributed by atoms with Crippen LogP contribution in [0.5, 0.6) is 0 Å². The Hall–Kier alpha value is -1.96. The van der Waals surface area contributed by atoms with Crippen LogP contribution in [0.3, 0.4) is 0 Å². The second kappa shape index (κ2) is 7.59. The summed E-state index contributed by atoms with van der Waals surface area (Å²) >= 11 is 0. The van der Waals surface area contributed by atoms with Crippen LogP contribution in [0.25, 0.3) is 0 Å². The van der Waals surface area contributed by atoms with Crippen molar-refractivity contribution in [3.05, 3.63) is 54.6 Å². The standard InChI is InChI=1S/C18H22N2/c1-3-4-8-15(2)19-17-11-13-18(14-12-17)20-16-9-6-5-7-10-16/h5-7,9-15H,3-4,8H2,1-2H3. The van der Waals surface area contributed by atoms with E-state index in [0.29, 0.717) is 6.04 Å².